The lowest BCUT2D eigenvalue weighted by Crippen LogP contribution is -2.20. The van der Waals surface area contributed by atoms with Gasteiger partial charge in [-0.15, -0.1) is 0 Å². The number of hydrogen-bond donors (Lipinski definition) is 0. The summed E-state index contributed by atoms with van der Waals surface area (Å²) in [4.78, 5) is 6.44. The smallest absolute Gasteiger partial charge is 0.126 e. The van der Waals surface area contributed by atoms with Crippen molar-refractivity contribution in [3.8, 4) is 0 Å². The number of nitrogens with zero attached hydrogens (tertiary/aromatic N) is 3. The summed E-state index contributed by atoms with van der Waals surface area (Å²) in [5.74, 6) is 1.08. The van der Waals surface area contributed by atoms with Crippen LogP contribution in [-0.2, 0) is 7.05 Å². The van der Waals surface area contributed by atoms with Crippen molar-refractivity contribution < 1.29 is 0 Å². The lowest BCUT2D eigenvalue weighted by molar-refractivity contribution is 0.303. The third-order valence-corrected chi connectivity index (χ3v) is 2.85. The topological polar surface area (TPSA) is 21.1 Å². The minimum absolute atomic E-state index is 0.348. The van der Waals surface area contributed by atoms with E-state index in [1.54, 1.807) is 0 Å². The van der Waals surface area contributed by atoms with E-state index in [9.17, 15) is 0 Å². The highest BCUT2D eigenvalue weighted by Gasteiger charge is 2.13. The van der Waals surface area contributed by atoms with Gasteiger partial charge in [0.1, 0.15) is 10.4 Å². The van der Waals surface area contributed by atoms with Gasteiger partial charge in [-0.3, -0.25) is 4.90 Å². The van der Waals surface area contributed by atoms with Crippen LogP contribution in [0.1, 0.15) is 18.8 Å². The molecule has 0 aliphatic carbocycles. The van der Waals surface area contributed by atoms with Crippen molar-refractivity contribution >= 4 is 15.9 Å². The molecule has 1 rings (SSSR count). The third kappa shape index (κ3) is 1.69. The molecule has 1 heterocycles. The molecule has 0 saturated carbocycles. The SMILES string of the molecule is C[C@H](c1ncc(Br)n1C)N(C)C. The van der Waals surface area contributed by atoms with E-state index in [2.05, 4.69) is 32.7 Å². The summed E-state index contributed by atoms with van der Waals surface area (Å²) in [7, 11) is 6.10. The molecule has 12 heavy (non-hydrogen) atoms. The van der Waals surface area contributed by atoms with Crippen LogP contribution in [0.4, 0.5) is 0 Å². The molecule has 0 bridgehead atoms. The molecule has 0 radical (unpaired) electrons. The number of aromatic nitrogens is 2. The van der Waals surface area contributed by atoms with Gasteiger partial charge in [0.2, 0.25) is 0 Å². The van der Waals surface area contributed by atoms with Crippen LogP contribution >= 0.6 is 15.9 Å². The van der Waals surface area contributed by atoms with E-state index in [0.717, 1.165) is 10.4 Å². The van der Waals surface area contributed by atoms with Crippen LogP contribution < -0.4 is 0 Å². The molecule has 4 heteroatoms. The Balaban J connectivity index is 2.95. The predicted octanol–water partition coefficient (Wildman–Crippen LogP) is 1.81. The molecule has 0 spiro atoms. The second-order valence-electron chi connectivity index (χ2n) is 3.14. The summed E-state index contributed by atoms with van der Waals surface area (Å²) in [6.07, 6.45) is 1.83. The fraction of sp³-hybridized carbons (Fsp3) is 0.625. The summed E-state index contributed by atoms with van der Waals surface area (Å²) in [5, 5.41) is 0. The van der Waals surface area contributed by atoms with Gasteiger partial charge in [0.15, 0.2) is 0 Å². The molecule has 0 aromatic carbocycles. The van der Waals surface area contributed by atoms with E-state index in [1.807, 2.05) is 31.9 Å². The lowest BCUT2D eigenvalue weighted by atomic mass is 10.3. The first kappa shape index (κ1) is 9.74. The van der Waals surface area contributed by atoms with Crippen LogP contribution in [0.25, 0.3) is 0 Å². The highest BCUT2D eigenvalue weighted by molar-refractivity contribution is 9.10. The average molecular weight is 232 g/mol. The van der Waals surface area contributed by atoms with E-state index >= 15 is 0 Å². The van der Waals surface area contributed by atoms with Crippen molar-refractivity contribution in [1.29, 1.82) is 0 Å². The van der Waals surface area contributed by atoms with Gasteiger partial charge in [0.05, 0.1) is 12.2 Å². The van der Waals surface area contributed by atoms with E-state index in [4.69, 9.17) is 0 Å². The van der Waals surface area contributed by atoms with Gasteiger partial charge in [0.25, 0.3) is 0 Å². The molecule has 0 fully saturated rings. The van der Waals surface area contributed by atoms with E-state index in [1.165, 1.54) is 0 Å². The number of rotatable bonds is 2. The van der Waals surface area contributed by atoms with Gasteiger partial charge >= 0.3 is 0 Å². The van der Waals surface area contributed by atoms with Crippen LogP contribution in [0, 0.1) is 0 Å². The van der Waals surface area contributed by atoms with Crippen LogP contribution in [0.5, 0.6) is 0 Å². The van der Waals surface area contributed by atoms with Crippen molar-refractivity contribution in [2.24, 2.45) is 7.05 Å². The fourth-order valence-corrected chi connectivity index (χ4v) is 1.31. The lowest BCUT2D eigenvalue weighted by Gasteiger charge is -2.19. The summed E-state index contributed by atoms with van der Waals surface area (Å²) in [6.45, 7) is 2.13. The highest BCUT2D eigenvalue weighted by atomic mass is 79.9. The average Bonchev–Trinajstić information content (AvgIpc) is 2.32. The minimum atomic E-state index is 0.348. The molecule has 0 aliphatic heterocycles. The maximum atomic E-state index is 4.31. The molecule has 0 saturated heterocycles. The molecule has 0 aliphatic rings. The molecule has 0 N–H and O–H groups in total. The Morgan fingerprint density at radius 2 is 2.17 bits per heavy atom. The first-order valence-electron chi connectivity index (χ1n) is 3.87. The van der Waals surface area contributed by atoms with E-state index < -0.39 is 0 Å². The fourth-order valence-electron chi connectivity index (χ4n) is 1.02. The summed E-state index contributed by atoms with van der Waals surface area (Å²) < 4.78 is 3.07. The Hall–Kier alpha value is -0.350. The van der Waals surface area contributed by atoms with Gasteiger partial charge < -0.3 is 4.57 Å². The number of halogens is 1. The normalized spacial score (nSPS) is 13.8. The summed E-state index contributed by atoms with van der Waals surface area (Å²) >= 11 is 3.42. The third-order valence-electron chi connectivity index (χ3n) is 2.12. The van der Waals surface area contributed by atoms with Crippen LogP contribution in [-0.4, -0.2) is 28.5 Å². The van der Waals surface area contributed by atoms with Gasteiger partial charge in [-0.1, -0.05) is 0 Å². The first-order chi connectivity index (χ1) is 5.54. The molecular weight excluding hydrogens is 218 g/mol. The van der Waals surface area contributed by atoms with Crippen molar-refractivity contribution in [3.63, 3.8) is 0 Å². The Morgan fingerprint density at radius 3 is 2.50 bits per heavy atom. The van der Waals surface area contributed by atoms with Crippen molar-refractivity contribution in [2.45, 2.75) is 13.0 Å². The number of imidazole rings is 1. The zero-order valence-electron chi connectivity index (χ0n) is 7.87. The van der Waals surface area contributed by atoms with Gasteiger partial charge in [-0.2, -0.15) is 0 Å². The Labute approximate surface area is 81.5 Å². The van der Waals surface area contributed by atoms with Crippen molar-refractivity contribution in [3.05, 3.63) is 16.6 Å². The molecule has 0 amide bonds. The predicted molar refractivity (Wildman–Crippen MR) is 53.0 cm³/mol. The quantitative estimate of drug-likeness (QED) is 0.775. The Kier molecular flexibility index (Phi) is 2.90. The second-order valence-corrected chi connectivity index (χ2v) is 3.95. The van der Waals surface area contributed by atoms with Crippen LogP contribution in [0.3, 0.4) is 0 Å². The van der Waals surface area contributed by atoms with Gasteiger partial charge in [0, 0.05) is 7.05 Å². The van der Waals surface area contributed by atoms with Crippen LogP contribution in [0.2, 0.25) is 0 Å². The standard InChI is InChI=1S/C8H14BrN3/c1-6(11(2)3)8-10-5-7(9)12(8)4/h5-6H,1-4H3/t6-/m1/s1. The summed E-state index contributed by atoms with van der Waals surface area (Å²) in [5.41, 5.74) is 0. The maximum absolute atomic E-state index is 4.31. The molecule has 0 unspecified atom stereocenters. The van der Waals surface area contributed by atoms with Gasteiger partial charge in [-0.05, 0) is 36.9 Å². The molecule has 1 atom stereocenters. The zero-order valence-corrected chi connectivity index (χ0v) is 9.46. The van der Waals surface area contributed by atoms with Crippen LogP contribution in [0.15, 0.2) is 10.8 Å². The Bertz CT molecular complexity index is 267. The van der Waals surface area contributed by atoms with E-state index in [0.29, 0.717) is 6.04 Å². The molecule has 68 valence electrons. The molecule has 3 nitrogen and oxygen atoms in total. The molecular formula is C8H14BrN3. The minimum Gasteiger partial charge on any atom is -0.325 e. The molecule has 1 aromatic rings. The second kappa shape index (κ2) is 3.58. The van der Waals surface area contributed by atoms with E-state index in [-0.39, 0.29) is 0 Å². The summed E-state index contributed by atoms with van der Waals surface area (Å²) in [6, 6.07) is 0.348. The van der Waals surface area contributed by atoms with Crippen molar-refractivity contribution in [2.75, 3.05) is 14.1 Å². The Morgan fingerprint density at radius 1 is 1.58 bits per heavy atom. The van der Waals surface area contributed by atoms with Crippen molar-refractivity contribution in [1.82, 2.24) is 14.5 Å². The number of hydrogen-bond acceptors (Lipinski definition) is 2. The monoisotopic (exact) mass is 231 g/mol. The molecule has 1 aromatic heterocycles. The zero-order chi connectivity index (χ0) is 9.30. The highest BCUT2D eigenvalue weighted by Crippen LogP contribution is 2.19. The van der Waals surface area contributed by atoms with Gasteiger partial charge in [-0.25, -0.2) is 4.98 Å². The first-order valence-corrected chi connectivity index (χ1v) is 4.67. The maximum Gasteiger partial charge on any atom is 0.126 e. The largest absolute Gasteiger partial charge is 0.325 e.